The highest BCUT2D eigenvalue weighted by atomic mass is 32.1. The number of carbonyl (C=O) groups is 1. The Kier molecular flexibility index (Phi) is 5.81. The maximum Gasteiger partial charge on any atom is 0.333 e. The van der Waals surface area contributed by atoms with Gasteiger partial charge in [-0.15, -0.1) is 11.3 Å². The smallest absolute Gasteiger partial charge is 0.325 e. The van der Waals surface area contributed by atoms with Crippen LogP contribution in [0.25, 0.3) is 16.3 Å². The third-order valence-corrected chi connectivity index (χ3v) is 6.91. The lowest BCUT2D eigenvalue weighted by molar-refractivity contribution is 0.0968. The van der Waals surface area contributed by atoms with E-state index in [2.05, 4.69) is 9.97 Å². The number of hydrogen-bond acceptors (Lipinski definition) is 6. The number of benzene rings is 1. The van der Waals surface area contributed by atoms with E-state index in [1.54, 1.807) is 23.2 Å². The molecule has 4 aromatic heterocycles. The highest BCUT2D eigenvalue weighted by molar-refractivity contribution is 7.12. The van der Waals surface area contributed by atoms with Gasteiger partial charge in [-0.3, -0.25) is 23.3 Å². The molecule has 35 heavy (non-hydrogen) atoms. The van der Waals surface area contributed by atoms with Crippen LogP contribution >= 0.6 is 11.3 Å². The Hall–Kier alpha value is -4.05. The van der Waals surface area contributed by atoms with Gasteiger partial charge in [-0.05, 0) is 32.4 Å². The molecular formula is C25H24N6O3S. The highest BCUT2D eigenvalue weighted by Gasteiger charge is 2.23. The largest absolute Gasteiger partial charge is 0.333 e. The van der Waals surface area contributed by atoms with Gasteiger partial charge in [-0.2, -0.15) is 0 Å². The molecule has 0 N–H and O–H groups in total. The zero-order chi connectivity index (χ0) is 24.7. The van der Waals surface area contributed by atoms with Gasteiger partial charge in [0.25, 0.3) is 5.56 Å². The van der Waals surface area contributed by atoms with Crippen LogP contribution < -0.4 is 11.2 Å². The molecule has 0 saturated carbocycles. The normalized spacial score (nSPS) is 11.4. The number of Topliss-reactive ketones (excluding diaryl/α,β-unsaturated/α-hetero) is 1. The van der Waals surface area contributed by atoms with Crippen molar-refractivity contribution < 1.29 is 4.79 Å². The van der Waals surface area contributed by atoms with Gasteiger partial charge in [0.2, 0.25) is 0 Å². The van der Waals surface area contributed by atoms with Crippen LogP contribution in [0.15, 0.2) is 63.9 Å². The SMILES string of the molecule is CCn1cnc2c1c(=O)n(CC(=O)c1cc(C)n(-c3nccs3)c1C)c(=O)n2Cc1ccccc1. The molecule has 0 spiro atoms. The lowest BCUT2D eigenvalue weighted by atomic mass is 10.1. The molecule has 0 fully saturated rings. The summed E-state index contributed by atoms with van der Waals surface area (Å²) in [4.78, 5) is 49.1. The van der Waals surface area contributed by atoms with E-state index in [-0.39, 0.29) is 18.9 Å². The molecule has 178 valence electrons. The quantitative estimate of drug-likeness (QED) is 0.328. The molecule has 0 unspecified atom stereocenters. The lowest BCUT2D eigenvalue weighted by Gasteiger charge is -2.12. The molecule has 0 aliphatic rings. The van der Waals surface area contributed by atoms with Crippen LogP contribution in [0.4, 0.5) is 0 Å². The van der Waals surface area contributed by atoms with Crippen molar-refractivity contribution in [1.29, 1.82) is 0 Å². The summed E-state index contributed by atoms with van der Waals surface area (Å²) < 4.78 is 6.10. The fourth-order valence-corrected chi connectivity index (χ4v) is 5.17. The Morgan fingerprint density at radius 2 is 1.83 bits per heavy atom. The molecule has 4 heterocycles. The second-order valence-electron chi connectivity index (χ2n) is 8.31. The summed E-state index contributed by atoms with van der Waals surface area (Å²) in [7, 11) is 0. The first-order valence-electron chi connectivity index (χ1n) is 11.2. The maximum atomic E-state index is 13.5. The predicted molar refractivity (Wildman–Crippen MR) is 135 cm³/mol. The topological polar surface area (TPSA) is 96.7 Å². The van der Waals surface area contributed by atoms with Crippen LogP contribution in [-0.4, -0.2) is 34.0 Å². The molecule has 10 heteroatoms. The lowest BCUT2D eigenvalue weighted by Crippen LogP contribution is -2.42. The number of ketones is 1. The summed E-state index contributed by atoms with van der Waals surface area (Å²) in [6.07, 6.45) is 3.27. The first-order valence-corrected chi connectivity index (χ1v) is 12.1. The molecule has 0 saturated heterocycles. The molecule has 5 rings (SSSR count). The van der Waals surface area contributed by atoms with Crippen molar-refractivity contribution in [2.45, 2.75) is 40.4 Å². The van der Waals surface area contributed by atoms with E-state index in [1.165, 1.54) is 15.9 Å². The van der Waals surface area contributed by atoms with Crippen LogP contribution in [0.1, 0.15) is 34.2 Å². The Bertz CT molecular complexity index is 1660. The zero-order valence-corrected chi connectivity index (χ0v) is 20.5. The van der Waals surface area contributed by atoms with Crippen molar-refractivity contribution in [3.05, 3.63) is 97.7 Å². The van der Waals surface area contributed by atoms with E-state index in [9.17, 15) is 14.4 Å². The van der Waals surface area contributed by atoms with E-state index >= 15 is 0 Å². The van der Waals surface area contributed by atoms with Gasteiger partial charge in [0.05, 0.1) is 19.4 Å². The fourth-order valence-electron chi connectivity index (χ4n) is 4.42. The molecule has 0 bridgehead atoms. The van der Waals surface area contributed by atoms with Gasteiger partial charge in [0, 0.05) is 35.1 Å². The summed E-state index contributed by atoms with van der Waals surface area (Å²) in [6, 6.07) is 11.3. The number of carbonyl (C=O) groups excluding carboxylic acids is 1. The number of nitrogens with zero attached hydrogens (tertiary/aromatic N) is 6. The third-order valence-electron chi connectivity index (χ3n) is 6.15. The van der Waals surface area contributed by atoms with Gasteiger partial charge >= 0.3 is 5.69 Å². The second-order valence-corrected chi connectivity index (χ2v) is 9.18. The second kappa shape index (κ2) is 8.95. The number of thiazole rings is 1. The van der Waals surface area contributed by atoms with Gasteiger partial charge in [0.1, 0.15) is 0 Å². The molecule has 0 radical (unpaired) electrons. The van der Waals surface area contributed by atoms with E-state index in [1.807, 2.05) is 61.1 Å². The average molecular weight is 489 g/mol. The summed E-state index contributed by atoms with van der Waals surface area (Å²) in [6.45, 7) is 6.03. The fraction of sp³-hybridized carbons (Fsp3) is 0.240. The Balaban J connectivity index is 1.62. The summed E-state index contributed by atoms with van der Waals surface area (Å²) in [5, 5.41) is 2.63. The number of aromatic nitrogens is 6. The van der Waals surface area contributed by atoms with Crippen LogP contribution in [0.5, 0.6) is 0 Å². The minimum absolute atomic E-state index is 0.240. The standard InChI is InChI=1S/C25H24N6O3S/c1-4-28-15-27-22-21(28)23(33)30(25(34)29(22)13-18-8-6-5-7-9-18)14-20(32)19-12-16(2)31(17(19)3)24-26-10-11-35-24/h5-12,15H,4,13-14H2,1-3H3. The van der Waals surface area contributed by atoms with Gasteiger partial charge in [0.15, 0.2) is 22.1 Å². The molecule has 1 aromatic carbocycles. The van der Waals surface area contributed by atoms with Crippen molar-refractivity contribution in [2.75, 3.05) is 0 Å². The van der Waals surface area contributed by atoms with Crippen molar-refractivity contribution >= 4 is 28.3 Å². The van der Waals surface area contributed by atoms with Crippen LogP contribution in [0, 0.1) is 13.8 Å². The summed E-state index contributed by atoms with van der Waals surface area (Å²) in [5.41, 5.74) is 2.48. The average Bonchev–Trinajstić information content (AvgIpc) is 3.59. The van der Waals surface area contributed by atoms with Crippen molar-refractivity contribution in [2.24, 2.45) is 0 Å². The van der Waals surface area contributed by atoms with Crippen LogP contribution in [0.3, 0.4) is 0 Å². The molecule has 0 atom stereocenters. The maximum absolute atomic E-state index is 13.5. The number of hydrogen-bond donors (Lipinski definition) is 0. The van der Waals surface area contributed by atoms with E-state index < -0.39 is 11.2 Å². The zero-order valence-electron chi connectivity index (χ0n) is 19.6. The number of aryl methyl sites for hydroxylation is 2. The summed E-state index contributed by atoms with van der Waals surface area (Å²) in [5.74, 6) is -0.312. The molecular weight excluding hydrogens is 464 g/mol. The first-order chi connectivity index (χ1) is 16.9. The van der Waals surface area contributed by atoms with Gasteiger partial charge in [-0.25, -0.2) is 14.8 Å². The van der Waals surface area contributed by atoms with Crippen molar-refractivity contribution in [3.63, 3.8) is 0 Å². The number of fused-ring (bicyclic) bond motifs is 1. The molecule has 9 nitrogen and oxygen atoms in total. The third kappa shape index (κ3) is 3.85. The van der Waals surface area contributed by atoms with E-state index in [0.717, 1.165) is 26.6 Å². The minimum Gasteiger partial charge on any atom is -0.325 e. The van der Waals surface area contributed by atoms with Gasteiger partial charge in [-0.1, -0.05) is 30.3 Å². The Morgan fingerprint density at radius 3 is 2.51 bits per heavy atom. The molecule has 0 amide bonds. The van der Waals surface area contributed by atoms with Gasteiger partial charge < -0.3 is 4.57 Å². The van der Waals surface area contributed by atoms with Crippen LogP contribution in [-0.2, 0) is 19.6 Å². The van der Waals surface area contributed by atoms with Crippen molar-refractivity contribution in [3.8, 4) is 5.13 Å². The van der Waals surface area contributed by atoms with E-state index in [4.69, 9.17) is 0 Å². The monoisotopic (exact) mass is 488 g/mol. The summed E-state index contributed by atoms with van der Waals surface area (Å²) >= 11 is 1.47. The Labute approximate surface area is 204 Å². The predicted octanol–water partition coefficient (Wildman–Crippen LogP) is 3.17. The van der Waals surface area contributed by atoms with E-state index in [0.29, 0.717) is 23.3 Å². The first kappa shape index (κ1) is 22.7. The number of rotatable bonds is 7. The molecule has 0 aliphatic carbocycles. The number of imidazole rings is 1. The highest BCUT2D eigenvalue weighted by Crippen LogP contribution is 2.23. The van der Waals surface area contributed by atoms with Crippen LogP contribution in [0.2, 0.25) is 0 Å². The molecule has 5 aromatic rings. The van der Waals surface area contributed by atoms with Crippen molar-refractivity contribution in [1.82, 2.24) is 28.2 Å². The minimum atomic E-state index is -0.560. The Morgan fingerprint density at radius 1 is 1.06 bits per heavy atom. The molecule has 0 aliphatic heterocycles.